The largest absolute Gasteiger partial charge is 0.480 e. The summed E-state index contributed by atoms with van der Waals surface area (Å²) in [5, 5.41) is 13.9. The molecule has 0 fully saturated rings. The maximum absolute atomic E-state index is 12.6. The number of aliphatic carboxylic acids is 1. The lowest BCUT2D eigenvalue weighted by atomic mass is 10.1. The summed E-state index contributed by atoms with van der Waals surface area (Å²) in [7, 11) is 0. The molecule has 0 spiro atoms. The van der Waals surface area contributed by atoms with Gasteiger partial charge in [-0.2, -0.15) is 0 Å². The summed E-state index contributed by atoms with van der Waals surface area (Å²) < 4.78 is 5.11. The topological polar surface area (TPSA) is 139 Å². The maximum atomic E-state index is 12.6. The number of thioether (sulfide) groups is 1. The smallest absolute Gasteiger partial charge is 0.408 e. The van der Waals surface area contributed by atoms with Crippen molar-refractivity contribution in [3.8, 4) is 0 Å². The number of benzene rings is 1. The van der Waals surface area contributed by atoms with Crippen LogP contribution in [0.15, 0.2) is 30.3 Å². The Bertz CT molecular complexity index is 727. The van der Waals surface area contributed by atoms with Crippen molar-refractivity contribution in [2.45, 2.75) is 51.3 Å². The number of alkyl carbamates (subject to hydrolysis) is 1. The summed E-state index contributed by atoms with van der Waals surface area (Å²) in [6.07, 6.45) is 0.511. The van der Waals surface area contributed by atoms with Crippen LogP contribution >= 0.6 is 11.8 Å². The molecule has 10 heteroatoms. The Hall–Kier alpha value is -2.88. The number of carbonyl (C=O) groups excluding carboxylic acids is 4. The fourth-order valence-electron chi connectivity index (χ4n) is 2.43. The van der Waals surface area contributed by atoms with Crippen molar-refractivity contribution in [2.24, 2.45) is 0 Å². The number of aldehydes is 1. The summed E-state index contributed by atoms with van der Waals surface area (Å²) in [6, 6.07) is 6.70. The summed E-state index contributed by atoms with van der Waals surface area (Å²) >= 11 is 0.990. The molecule has 0 heterocycles. The van der Waals surface area contributed by atoms with Gasteiger partial charge in [0.15, 0.2) is 5.12 Å². The highest BCUT2D eigenvalue weighted by molar-refractivity contribution is 8.13. The molecule has 1 aromatic carbocycles. The van der Waals surface area contributed by atoms with E-state index in [0.29, 0.717) is 12.7 Å². The average Bonchev–Trinajstić information content (AvgIpc) is 2.71. The number of rotatable bonds is 13. The standard InChI is InChI=1S/C20H26N2O7S/c1-14(24)30-12-10-16(18(25)21-17(19(26)27)9-5-6-11-23)22-20(28)29-13-15-7-3-2-4-8-15/h2-4,7-8,11,16-17H,5-6,9-10,12-13H2,1H3,(H,21,25)(H,22,28)(H,26,27)/t16-,17?/m0/s1. The molecule has 2 amide bonds. The van der Waals surface area contributed by atoms with Crippen LogP contribution in [0.5, 0.6) is 0 Å². The van der Waals surface area contributed by atoms with Crippen molar-refractivity contribution in [1.82, 2.24) is 10.6 Å². The fraction of sp³-hybridized carbons (Fsp3) is 0.450. The molecule has 1 unspecified atom stereocenters. The van der Waals surface area contributed by atoms with Crippen LogP contribution in [0.4, 0.5) is 4.79 Å². The molecular weight excluding hydrogens is 412 g/mol. The Morgan fingerprint density at radius 1 is 1.10 bits per heavy atom. The highest BCUT2D eigenvalue weighted by atomic mass is 32.2. The van der Waals surface area contributed by atoms with Crippen LogP contribution in [-0.4, -0.2) is 52.3 Å². The number of hydrogen-bond acceptors (Lipinski definition) is 7. The van der Waals surface area contributed by atoms with Crippen molar-refractivity contribution < 1.29 is 33.8 Å². The lowest BCUT2D eigenvalue weighted by molar-refractivity contribution is -0.142. The number of hydrogen-bond donors (Lipinski definition) is 3. The quantitative estimate of drug-likeness (QED) is 0.313. The van der Waals surface area contributed by atoms with Gasteiger partial charge in [0.25, 0.3) is 0 Å². The molecule has 164 valence electrons. The lowest BCUT2D eigenvalue weighted by Gasteiger charge is -2.21. The van der Waals surface area contributed by atoms with Crippen LogP contribution in [0, 0.1) is 0 Å². The molecule has 0 aromatic heterocycles. The number of amides is 2. The van der Waals surface area contributed by atoms with Crippen molar-refractivity contribution in [3.05, 3.63) is 35.9 Å². The summed E-state index contributed by atoms with van der Waals surface area (Å²) in [4.78, 5) is 57.6. The van der Waals surface area contributed by atoms with E-state index in [2.05, 4.69) is 10.6 Å². The first-order chi connectivity index (χ1) is 14.3. The molecule has 0 saturated heterocycles. The van der Waals surface area contributed by atoms with Gasteiger partial charge >= 0.3 is 12.1 Å². The van der Waals surface area contributed by atoms with Gasteiger partial charge in [0.1, 0.15) is 25.0 Å². The van der Waals surface area contributed by atoms with Gasteiger partial charge < -0.3 is 25.3 Å². The maximum Gasteiger partial charge on any atom is 0.408 e. The Morgan fingerprint density at radius 2 is 1.80 bits per heavy atom. The summed E-state index contributed by atoms with van der Waals surface area (Å²) in [5.74, 6) is -1.68. The zero-order valence-electron chi connectivity index (χ0n) is 16.7. The van der Waals surface area contributed by atoms with Crippen molar-refractivity contribution in [1.29, 1.82) is 0 Å². The van der Waals surface area contributed by atoms with E-state index < -0.39 is 30.1 Å². The zero-order chi connectivity index (χ0) is 22.4. The van der Waals surface area contributed by atoms with Gasteiger partial charge in [-0.15, -0.1) is 0 Å². The molecule has 1 aromatic rings. The molecule has 2 atom stereocenters. The van der Waals surface area contributed by atoms with E-state index in [9.17, 15) is 29.1 Å². The minimum absolute atomic E-state index is 0.00660. The third-order valence-electron chi connectivity index (χ3n) is 3.96. The third-order valence-corrected chi connectivity index (χ3v) is 4.81. The Morgan fingerprint density at radius 3 is 2.40 bits per heavy atom. The Kier molecular flexibility index (Phi) is 11.9. The first-order valence-corrected chi connectivity index (χ1v) is 10.4. The van der Waals surface area contributed by atoms with Crippen molar-refractivity contribution in [2.75, 3.05) is 5.75 Å². The number of nitrogens with one attached hydrogen (secondary N) is 2. The number of carbonyl (C=O) groups is 5. The van der Waals surface area contributed by atoms with Crippen LogP contribution in [0.2, 0.25) is 0 Å². The average molecular weight is 439 g/mol. The van der Waals surface area contributed by atoms with E-state index in [4.69, 9.17) is 4.74 Å². The van der Waals surface area contributed by atoms with Gasteiger partial charge in [0.2, 0.25) is 5.91 Å². The SMILES string of the molecule is CC(=O)SCC[C@H](NC(=O)OCc1ccccc1)C(=O)NC(CCCC=O)C(=O)O. The van der Waals surface area contributed by atoms with Crippen molar-refractivity contribution >= 4 is 41.1 Å². The number of carboxylic acid groups (broad SMARTS) is 1. The molecule has 3 N–H and O–H groups in total. The summed E-state index contributed by atoms with van der Waals surface area (Å²) in [5.41, 5.74) is 0.766. The Labute approximate surface area is 178 Å². The minimum Gasteiger partial charge on any atom is -0.480 e. The van der Waals surface area contributed by atoms with E-state index in [1.54, 1.807) is 24.3 Å². The predicted molar refractivity (Wildman–Crippen MR) is 111 cm³/mol. The lowest BCUT2D eigenvalue weighted by Crippen LogP contribution is -2.51. The number of ether oxygens (including phenoxy) is 1. The van der Waals surface area contributed by atoms with E-state index in [1.807, 2.05) is 6.07 Å². The van der Waals surface area contributed by atoms with E-state index in [1.165, 1.54) is 6.92 Å². The van der Waals surface area contributed by atoms with Crippen molar-refractivity contribution in [3.63, 3.8) is 0 Å². The van der Waals surface area contributed by atoms with Gasteiger partial charge in [-0.3, -0.25) is 9.59 Å². The Balaban J connectivity index is 2.70. The second-order valence-corrected chi connectivity index (χ2v) is 7.66. The normalized spacial score (nSPS) is 12.3. The predicted octanol–water partition coefficient (Wildman–Crippen LogP) is 1.89. The molecule has 30 heavy (non-hydrogen) atoms. The second-order valence-electron chi connectivity index (χ2n) is 6.38. The van der Waals surface area contributed by atoms with Gasteiger partial charge in [-0.1, -0.05) is 42.1 Å². The number of unbranched alkanes of at least 4 members (excludes halogenated alkanes) is 1. The monoisotopic (exact) mass is 438 g/mol. The van der Waals surface area contributed by atoms with Crippen LogP contribution in [0.25, 0.3) is 0 Å². The number of carboxylic acids is 1. The first-order valence-electron chi connectivity index (χ1n) is 9.41. The molecule has 0 aliphatic rings. The molecule has 1 rings (SSSR count). The van der Waals surface area contributed by atoms with Crippen LogP contribution < -0.4 is 10.6 Å². The molecule has 0 aliphatic heterocycles. The van der Waals surface area contributed by atoms with Crippen LogP contribution in [-0.2, 0) is 30.5 Å². The highest BCUT2D eigenvalue weighted by Crippen LogP contribution is 2.08. The van der Waals surface area contributed by atoms with Gasteiger partial charge in [-0.25, -0.2) is 9.59 Å². The minimum atomic E-state index is -1.24. The molecule has 9 nitrogen and oxygen atoms in total. The van der Waals surface area contributed by atoms with Gasteiger partial charge in [0.05, 0.1) is 0 Å². The molecular formula is C20H26N2O7S. The molecule has 0 aliphatic carbocycles. The van der Waals surface area contributed by atoms with Gasteiger partial charge in [0, 0.05) is 19.1 Å². The molecule has 0 saturated carbocycles. The van der Waals surface area contributed by atoms with Crippen LogP contribution in [0.1, 0.15) is 38.2 Å². The second kappa shape index (κ2) is 14.2. The molecule has 0 bridgehead atoms. The first kappa shape index (κ1) is 25.2. The third kappa shape index (κ3) is 10.6. The fourth-order valence-corrected chi connectivity index (χ4v) is 3.07. The van der Waals surface area contributed by atoms with Crippen LogP contribution in [0.3, 0.4) is 0 Å². The van der Waals surface area contributed by atoms with E-state index in [0.717, 1.165) is 17.3 Å². The molecule has 0 radical (unpaired) electrons. The van der Waals surface area contributed by atoms with E-state index >= 15 is 0 Å². The van der Waals surface area contributed by atoms with E-state index in [-0.39, 0.29) is 36.7 Å². The highest BCUT2D eigenvalue weighted by Gasteiger charge is 2.26. The summed E-state index contributed by atoms with van der Waals surface area (Å²) in [6.45, 7) is 1.39. The zero-order valence-corrected chi connectivity index (χ0v) is 17.5. The van der Waals surface area contributed by atoms with Gasteiger partial charge in [-0.05, 0) is 24.8 Å².